The van der Waals surface area contributed by atoms with Crippen molar-refractivity contribution in [2.24, 2.45) is 5.41 Å². The molecule has 0 aromatic heterocycles. The van der Waals surface area contributed by atoms with Crippen LogP contribution in [0.3, 0.4) is 0 Å². The summed E-state index contributed by atoms with van der Waals surface area (Å²) in [5.41, 5.74) is 0.698. The molecule has 1 fully saturated rings. The number of ether oxygens (including phenoxy) is 1. The van der Waals surface area contributed by atoms with E-state index >= 15 is 0 Å². The van der Waals surface area contributed by atoms with Gasteiger partial charge in [0.25, 0.3) is 0 Å². The zero-order valence-electron chi connectivity index (χ0n) is 9.69. The van der Waals surface area contributed by atoms with Crippen molar-refractivity contribution < 1.29 is 9.53 Å². The van der Waals surface area contributed by atoms with Crippen LogP contribution in [0.2, 0.25) is 0 Å². The summed E-state index contributed by atoms with van der Waals surface area (Å²) in [5.74, 6) is -0.133. The van der Waals surface area contributed by atoms with Gasteiger partial charge in [0.2, 0.25) is 0 Å². The Morgan fingerprint density at radius 1 is 1.44 bits per heavy atom. The first kappa shape index (κ1) is 11.1. The third-order valence-electron chi connectivity index (χ3n) is 3.41. The first-order valence-electron chi connectivity index (χ1n) is 5.55. The molecule has 1 aliphatic rings. The molecule has 86 valence electrons. The van der Waals surface area contributed by atoms with Gasteiger partial charge in [0.15, 0.2) is 0 Å². The molecule has 0 unspecified atom stereocenters. The van der Waals surface area contributed by atoms with Crippen LogP contribution in [0.4, 0.5) is 0 Å². The molecule has 3 nitrogen and oxygen atoms in total. The van der Waals surface area contributed by atoms with E-state index in [9.17, 15) is 4.79 Å². The molecule has 2 rings (SSSR count). The predicted octanol–water partition coefficient (Wildman–Crippen LogP) is 1.90. The second-order valence-electron chi connectivity index (χ2n) is 4.46. The molecule has 16 heavy (non-hydrogen) atoms. The van der Waals surface area contributed by atoms with Gasteiger partial charge in [-0.15, -0.1) is 0 Å². The van der Waals surface area contributed by atoms with Crippen LogP contribution in [0.25, 0.3) is 0 Å². The van der Waals surface area contributed by atoms with E-state index in [1.807, 2.05) is 37.3 Å². The van der Waals surface area contributed by atoms with E-state index in [-0.39, 0.29) is 12.0 Å². The average molecular weight is 219 g/mol. The van der Waals surface area contributed by atoms with E-state index in [1.165, 1.54) is 7.11 Å². The van der Waals surface area contributed by atoms with E-state index in [1.54, 1.807) is 0 Å². The highest BCUT2D eigenvalue weighted by molar-refractivity contribution is 5.78. The van der Waals surface area contributed by atoms with Crippen LogP contribution in [0.15, 0.2) is 30.3 Å². The van der Waals surface area contributed by atoms with Gasteiger partial charge in [-0.1, -0.05) is 30.3 Å². The summed E-state index contributed by atoms with van der Waals surface area (Å²) in [7, 11) is 1.45. The maximum atomic E-state index is 11.9. The van der Waals surface area contributed by atoms with Gasteiger partial charge < -0.3 is 10.1 Å². The summed E-state index contributed by atoms with van der Waals surface area (Å²) in [6.45, 7) is 2.82. The first-order chi connectivity index (χ1) is 7.68. The van der Waals surface area contributed by atoms with Crippen molar-refractivity contribution in [3.63, 3.8) is 0 Å². The van der Waals surface area contributed by atoms with E-state index in [0.717, 1.165) is 18.5 Å². The van der Waals surface area contributed by atoms with Gasteiger partial charge in [-0.25, -0.2) is 0 Å². The summed E-state index contributed by atoms with van der Waals surface area (Å²) in [4.78, 5) is 11.9. The number of rotatable bonds is 2. The van der Waals surface area contributed by atoms with Crippen molar-refractivity contribution >= 4 is 5.97 Å². The molecule has 1 saturated heterocycles. The molecular weight excluding hydrogens is 202 g/mol. The normalized spacial score (nSPS) is 29.0. The fourth-order valence-corrected chi connectivity index (χ4v) is 2.43. The Bertz CT molecular complexity index is 377. The van der Waals surface area contributed by atoms with Crippen molar-refractivity contribution in [1.29, 1.82) is 0 Å². The van der Waals surface area contributed by atoms with Gasteiger partial charge in [0, 0.05) is 6.04 Å². The molecule has 0 amide bonds. The van der Waals surface area contributed by atoms with Crippen LogP contribution in [-0.2, 0) is 9.53 Å². The van der Waals surface area contributed by atoms with Crippen LogP contribution in [0.1, 0.15) is 24.9 Å². The summed E-state index contributed by atoms with van der Waals surface area (Å²) in [6, 6.07) is 10.1. The van der Waals surface area contributed by atoms with E-state index in [0.29, 0.717) is 0 Å². The van der Waals surface area contributed by atoms with E-state index < -0.39 is 5.41 Å². The minimum atomic E-state index is -0.448. The Morgan fingerprint density at radius 3 is 2.75 bits per heavy atom. The molecule has 0 radical (unpaired) electrons. The number of methoxy groups -OCH3 is 1. The third-order valence-corrected chi connectivity index (χ3v) is 3.41. The second kappa shape index (κ2) is 4.26. The summed E-state index contributed by atoms with van der Waals surface area (Å²) in [5, 5.41) is 3.38. The minimum Gasteiger partial charge on any atom is -0.469 e. The Hall–Kier alpha value is -1.35. The molecule has 1 N–H and O–H groups in total. The standard InChI is InChI=1S/C13H17NO2/c1-13(12(15)16-2)8-9-14-11(13)10-6-4-3-5-7-10/h3-7,11,14H,8-9H2,1-2H3/t11-,13-/m0/s1. The quantitative estimate of drug-likeness (QED) is 0.772. The number of carbonyl (C=O) groups is 1. The highest BCUT2D eigenvalue weighted by Crippen LogP contribution is 2.41. The maximum absolute atomic E-state index is 11.9. The van der Waals surface area contributed by atoms with Crippen molar-refractivity contribution in [3.8, 4) is 0 Å². The average Bonchev–Trinajstić information content (AvgIpc) is 2.72. The molecule has 0 bridgehead atoms. The fraction of sp³-hybridized carbons (Fsp3) is 0.462. The van der Waals surface area contributed by atoms with Crippen LogP contribution in [-0.4, -0.2) is 19.6 Å². The highest BCUT2D eigenvalue weighted by Gasteiger charge is 2.46. The lowest BCUT2D eigenvalue weighted by atomic mass is 9.79. The lowest BCUT2D eigenvalue weighted by Crippen LogP contribution is -2.34. The Balaban J connectivity index is 2.31. The molecule has 1 aromatic rings. The molecule has 0 spiro atoms. The maximum Gasteiger partial charge on any atom is 0.313 e. The molecule has 0 aliphatic carbocycles. The third kappa shape index (κ3) is 1.71. The smallest absolute Gasteiger partial charge is 0.313 e. The van der Waals surface area contributed by atoms with Crippen LogP contribution >= 0.6 is 0 Å². The molecular formula is C13H17NO2. The van der Waals surface area contributed by atoms with Crippen LogP contribution in [0.5, 0.6) is 0 Å². The predicted molar refractivity (Wildman–Crippen MR) is 61.9 cm³/mol. The second-order valence-corrected chi connectivity index (χ2v) is 4.46. The molecule has 1 heterocycles. The Kier molecular flexibility index (Phi) is 2.97. The number of nitrogens with one attached hydrogen (secondary N) is 1. The minimum absolute atomic E-state index is 0.0566. The van der Waals surface area contributed by atoms with Crippen molar-refractivity contribution in [3.05, 3.63) is 35.9 Å². The first-order valence-corrected chi connectivity index (χ1v) is 5.55. The largest absolute Gasteiger partial charge is 0.469 e. The molecule has 1 aliphatic heterocycles. The zero-order valence-corrected chi connectivity index (χ0v) is 9.69. The van der Waals surface area contributed by atoms with E-state index in [2.05, 4.69) is 5.32 Å². The molecule has 1 aromatic carbocycles. The number of esters is 1. The topological polar surface area (TPSA) is 38.3 Å². The fourth-order valence-electron chi connectivity index (χ4n) is 2.43. The lowest BCUT2D eigenvalue weighted by molar-refractivity contribution is -0.152. The van der Waals surface area contributed by atoms with Gasteiger partial charge >= 0.3 is 5.97 Å². The molecule has 3 heteroatoms. The van der Waals surface area contributed by atoms with Crippen LogP contribution < -0.4 is 5.32 Å². The SMILES string of the molecule is COC(=O)[C@@]1(C)CCN[C@H]1c1ccccc1. The summed E-state index contributed by atoms with van der Waals surface area (Å²) in [6.07, 6.45) is 0.819. The van der Waals surface area contributed by atoms with Crippen molar-refractivity contribution in [2.75, 3.05) is 13.7 Å². The van der Waals surface area contributed by atoms with Gasteiger partial charge in [-0.3, -0.25) is 4.79 Å². The zero-order chi connectivity index (χ0) is 11.6. The van der Waals surface area contributed by atoms with Gasteiger partial charge in [-0.05, 0) is 25.5 Å². The number of carbonyl (C=O) groups excluding carboxylic acids is 1. The number of benzene rings is 1. The molecule has 0 saturated carbocycles. The van der Waals surface area contributed by atoms with Gasteiger partial charge in [0.05, 0.1) is 12.5 Å². The number of hydrogen-bond donors (Lipinski definition) is 1. The lowest BCUT2D eigenvalue weighted by Gasteiger charge is -2.28. The molecule has 2 atom stereocenters. The number of hydrogen-bond acceptors (Lipinski definition) is 3. The van der Waals surface area contributed by atoms with Crippen LogP contribution in [0, 0.1) is 5.41 Å². The van der Waals surface area contributed by atoms with Gasteiger partial charge in [-0.2, -0.15) is 0 Å². The monoisotopic (exact) mass is 219 g/mol. The Labute approximate surface area is 95.8 Å². The van der Waals surface area contributed by atoms with Crippen molar-refractivity contribution in [1.82, 2.24) is 5.32 Å². The highest BCUT2D eigenvalue weighted by atomic mass is 16.5. The van der Waals surface area contributed by atoms with Gasteiger partial charge in [0.1, 0.15) is 0 Å². The van der Waals surface area contributed by atoms with E-state index in [4.69, 9.17) is 4.74 Å². The van der Waals surface area contributed by atoms with Crippen molar-refractivity contribution in [2.45, 2.75) is 19.4 Å². The Morgan fingerprint density at radius 2 is 2.12 bits per heavy atom. The summed E-state index contributed by atoms with van der Waals surface area (Å²) >= 11 is 0. The summed E-state index contributed by atoms with van der Waals surface area (Å²) < 4.78 is 4.91.